The number of nitrogens with zero attached hydrogens (tertiary/aromatic N) is 3. The molecule has 31 heavy (non-hydrogen) atoms. The third-order valence-electron chi connectivity index (χ3n) is 5.53. The molecule has 1 amide bonds. The molecule has 4 rings (SSSR count). The van der Waals surface area contributed by atoms with E-state index in [0.29, 0.717) is 22.5 Å². The Morgan fingerprint density at radius 2 is 1.90 bits per heavy atom. The Bertz CT molecular complexity index is 1090. The Morgan fingerprint density at radius 1 is 1.16 bits per heavy atom. The maximum absolute atomic E-state index is 14.4. The van der Waals surface area contributed by atoms with Crippen LogP contribution < -0.4 is 10.2 Å². The van der Waals surface area contributed by atoms with Crippen molar-refractivity contribution in [2.75, 3.05) is 42.9 Å². The number of phenolic OH excluding ortho intramolecular Hbond substituents is 1. The van der Waals surface area contributed by atoms with Crippen LogP contribution in [-0.4, -0.2) is 53.8 Å². The molecule has 0 atom stereocenters. The van der Waals surface area contributed by atoms with E-state index in [-0.39, 0.29) is 17.3 Å². The van der Waals surface area contributed by atoms with Crippen LogP contribution in [0.4, 0.5) is 15.9 Å². The summed E-state index contributed by atoms with van der Waals surface area (Å²) in [5.41, 5.74) is 1.52. The van der Waals surface area contributed by atoms with E-state index in [0.717, 1.165) is 38.5 Å². The van der Waals surface area contributed by atoms with Gasteiger partial charge in [-0.05, 0) is 30.3 Å². The normalized spacial score (nSPS) is 14.6. The van der Waals surface area contributed by atoms with Crippen molar-refractivity contribution in [2.45, 2.75) is 13.8 Å². The number of piperazine rings is 1. The summed E-state index contributed by atoms with van der Waals surface area (Å²) in [7, 11) is 0. The van der Waals surface area contributed by atoms with Gasteiger partial charge in [0.05, 0.1) is 11.3 Å². The van der Waals surface area contributed by atoms with Crippen molar-refractivity contribution in [1.82, 2.24) is 10.1 Å². The van der Waals surface area contributed by atoms with Crippen LogP contribution in [0.3, 0.4) is 0 Å². The molecule has 0 spiro atoms. The number of likely N-dealkylation sites (N-methyl/N-ethyl adjacent to an activating group) is 1. The van der Waals surface area contributed by atoms with E-state index in [1.54, 1.807) is 24.3 Å². The van der Waals surface area contributed by atoms with Gasteiger partial charge < -0.3 is 24.7 Å². The first-order valence-electron chi connectivity index (χ1n) is 10.3. The molecule has 1 fully saturated rings. The SMILES string of the molecule is CCN1CCN(c2cc(-c3cccc(-c4ccc(NC(C)=O)c(F)c4)c3O)on2)CC1. The maximum atomic E-state index is 14.4. The van der Waals surface area contributed by atoms with Gasteiger partial charge in [-0.15, -0.1) is 0 Å². The summed E-state index contributed by atoms with van der Waals surface area (Å²) in [6.45, 7) is 8.18. The number of anilines is 2. The molecular weight excluding hydrogens is 399 g/mol. The molecule has 0 radical (unpaired) electrons. The first-order chi connectivity index (χ1) is 15.0. The van der Waals surface area contributed by atoms with E-state index in [2.05, 4.69) is 27.2 Å². The van der Waals surface area contributed by atoms with Gasteiger partial charge in [-0.25, -0.2) is 4.39 Å². The zero-order valence-corrected chi connectivity index (χ0v) is 17.6. The number of carbonyl (C=O) groups is 1. The summed E-state index contributed by atoms with van der Waals surface area (Å²) in [6, 6.07) is 11.4. The molecule has 0 saturated carbocycles. The first-order valence-corrected chi connectivity index (χ1v) is 10.3. The van der Waals surface area contributed by atoms with Crippen LogP contribution >= 0.6 is 0 Å². The molecule has 1 aliphatic rings. The molecule has 1 aliphatic heterocycles. The lowest BCUT2D eigenvalue weighted by Crippen LogP contribution is -2.46. The number of aromatic nitrogens is 1. The van der Waals surface area contributed by atoms with E-state index in [1.807, 2.05) is 6.07 Å². The van der Waals surface area contributed by atoms with Crippen molar-refractivity contribution >= 4 is 17.4 Å². The topological polar surface area (TPSA) is 81.8 Å². The largest absolute Gasteiger partial charge is 0.507 e. The number of amides is 1. The Kier molecular flexibility index (Phi) is 5.90. The molecule has 0 unspecified atom stereocenters. The Hall–Kier alpha value is -3.39. The van der Waals surface area contributed by atoms with E-state index in [4.69, 9.17) is 4.52 Å². The van der Waals surface area contributed by atoms with Gasteiger partial charge in [0, 0.05) is 44.7 Å². The molecule has 1 saturated heterocycles. The summed E-state index contributed by atoms with van der Waals surface area (Å²) in [6.07, 6.45) is 0. The standard InChI is InChI=1S/C23H25FN4O3/c1-3-27-9-11-28(12-10-27)22-14-21(31-26-22)18-6-4-5-17(23(18)30)16-7-8-20(19(24)13-16)25-15(2)29/h4-8,13-14,30H,3,9-12H2,1-2H3,(H,25,29). The molecule has 2 N–H and O–H groups in total. The second kappa shape index (κ2) is 8.77. The first kappa shape index (κ1) is 20.9. The molecule has 3 aromatic rings. The molecule has 162 valence electrons. The van der Waals surface area contributed by atoms with E-state index < -0.39 is 5.82 Å². The predicted molar refractivity (Wildman–Crippen MR) is 118 cm³/mol. The number of aromatic hydroxyl groups is 1. The number of phenols is 1. The highest BCUT2D eigenvalue weighted by atomic mass is 19.1. The van der Waals surface area contributed by atoms with E-state index in [1.165, 1.54) is 19.1 Å². The zero-order chi connectivity index (χ0) is 22.0. The van der Waals surface area contributed by atoms with Crippen LogP contribution in [0.1, 0.15) is 13.8 Å². The average molecular weight is 424 g/mol. The molecule has 2 heterocycles. The number of para-hydroxylation sites is 1. The average Bonchev–Trinajstić information content (AvgIpc) is 3.25. The van der Waals surface area contributed by atoms with Crippen LogP contribution in [-0.2, 0) is 4.79 Å². The summed E-state index contributed by atoms with van der Waals surface area (Å²) < 4.78 is 19.9. The van der Waals surface area contributed by atoms with Crippen molar-refractivity contribution in [1.29, 1.82) is 0 Å². The molecule has 0 bridgehead atoms. The minimum atomic E-state index is -0.578. The fourth-order valence-corrected chi connectivity index (χ4v) is 3.78. The molecule has 0 aliphatic carbocycles. The van der Waals surface area contributed by atoms with Gasteiger partial charge in [-0.2, -0.15) is 0 Å². The summed E-state index contributed by atoms with van der Waals surface area (Å²) in [5.74, 6) is 0.232. The van der Waals surface area contributed by atoms with Gasteiger partial charge >= 0.3 is 0 Å². The van der Waals surface area contributed by atoms with Crippen LogP contribution in [0.5, 0.6) is 5.75 Å². The molecular formula is C23H25FN4O3. The van der Waals surface area contributed by atoms with Gasteiger partial charge in [0.1, 0.15) is 11.6 Å². The third-order valence-corrected chi connectivity index (χ3v) is 5.53. The second-order valence-electron chi connectivity index (χ2n) is 7.55. The number of rotatable bonds is 5. The van der Waals surface area contributed by atoms with Crippen molar-refractivity contribution in [3.8, 4) is 28.2 Å². The minimum absolute atomic E-state index is 0.0207. The monoisotopic (exact) mass is 424 g/mol. The number of nitrogens with one attached hydrogen (secondary N) is 1. The number of benzene rings is 2. The molecule has 2 aromatic carbocycles. The second-order valence-corrected chi connectivity index (χ2v) is 7.55. The lowest BCUT2D eigenvalue weighted by Gasteiger charge is -2.33. The maximum Gasteiger partial charge on any atom is 0.221 e. The Balaban J connectivity index is 1.60. The number of hydrogen-bond donors (Lipinski definition) is 2. The molecule has 7 nitrogen and oxygen atoms in total. The van der Waals surface area contributed by atoms with Gasteiger partial charge in [0.2, 0.25) is 5.91 Å². The smallest absolute Gasteiger partial charge is 0.221 e. The third kappa shape index (κ3) is 4.39. The Labute approximate surface area is 180 Å². The number of hydrogen-bond acceptors (Lipinski definition) is 6. The van der Waals surface area contributed by atoms with Crippen molar-refractivity contribution in [3.63, 3.8) is 0 Å². The summed E-state index contributed by atoms with van der Waals surface area (Å²) in [5, 5.41) is 17.5. The van der Waals surface area contributed by atoms with Gasteiger partial charge in [-0.1, -0.05) is 30.3 Å². The van der Waals surface area contributed by atoms with Crippen LogP contribution in [0.15, 0.2) is 47.0 Å². The van der Waals surface area contributed by atoms with E-state index >= 15 is 0 Å². The van der Waals surface area contributed by atoms with Gasteiger partial charge in [0.15, 0.2) is 11.6 Å². The highest BCUT2D eigenvalue weighted by Crippen LogP contribution is 2.39. The fraction of sp³-hybridized carbons (Fsp3) is 0.304. The fourth-order valence-electron chi connectivity index (χ4n) is 3.78. The van der Waals surface area contributed by atoms with Crippen LogP contribution in [0, 0.1) is 5.82 Å². The summed E-state index contributed by atoms with van der Waals surface area (Å²) in [4.78, 5) is 15.7. The molecule has 1 aromatic heterocycles. The minimum Gasteiger partial charge on any atom is -0.507 e. The highest BCUT2D eigenvalue weighted by Gasteiger charge is 2.21. The Morgan fingerprint density at radius 3 is 2.58 bits per heavy atom. The van der Waals surface area contributed by atoms with Crippen LogP contribution in [0.2, 0.25) is 0 Å². The molecule has 8 heteroatoms. The van der Waals surface area contributed by atoms with Crippen molar-refractivity contribution < 1.29 is 18.8 Å². The van der Waals surface area contributed by atoms with Crippen molar-refractivity contribution in [3.05, 3.63) is 48.3 Å². The van der Waals surface area contributed by atoms with Gasteiger partial charge in [0.25, 0.3) is 0 Å². The lowest BCUT2D eigenvalue weighted by molar-refractivity contribution is -0.114. The summed E-state index contributed by atoms with van der Waals surface area (Å²) >= 11 is 0. The predicted octanol–water partition coefficient (Wildman–Crippen LogP) is 3.95. The van der Waals surface area contributed by atoms with Crippen molar-refractivity contribution in [2.24, 2.45) is 0 Å². The zero-order valence-electron chi connectivity index (χ0n) is 17.6. The van der Waals surface area contributed by atoms with E-state index in [9.17, 15) is 14.3 Å². The quantitative estimate of drug-likeness (QED) is 0.645. The lowest BCUT2D eigenvalue weighted by atomic mass is 9.99. The van der Waals surface area contributed by atoms with Crippen LogP contribution in [0.25, 0.3) is 22.5 Å². The van der Waals surface area contributed by atoms with Gasteiger partial charge in [-0.3, -0.25) is 4.79 Å². The number of carbonyl (C=O) groups excluding carboxylic acids is 1. The highest BCUT2D eigenvalue weighted by molar-refractivity contribution is 5.89. The number of halogens is 1.